The molecule has 0 aliphatic rings. The van der Waals surface area contributed by atoms with Gasteiger partial charge in [-0.2, -0.15) is 0 Å². The van der Waals surface area contributed by atoms with Crippen LogP contribution in [0.1, 0.15) is 27.7 Å². The Kier molecular flexibility index (Phi) is 4.15. The fourth-order valence-corrected chi connectivity index (χ4v) is 1.57. The summed E-state index contributed by atoms with van der Waals surface area (Å²) in [6.07, 6.45) is 0. The van der Waals surface area contributed by atoms with Gasteiger partial charge in [0.05, 0.1) is 0 Å². The molecule has 0 saturated heterocycles. The van der Waals surface area contributed by atoms with E-state index < -0.39 is 0 Å². The highest BCUT2D eigenvalue weighted by molar-refractivity contribution is 6.27. The van der Waals surface area contributed by atoms with E-state index in [9.17, 15) is 0 Å². The predicted molar refractivity (Wildman–Crippen MR) is 44.4 cm³/mol. The molecule has 0 aromatic carbocycles. The maximum Gasteiger partial charge on any atom is 0.162 e. The van der Waals surface area contributed by atoms with Crippen molar-refractivity contribution in [2.45, 2.75) is 33.7 Å². The van der Waals surface area contributed by atoms with Crippen LogP contribution in [0.15, 0.2) is 0 Å². The fraction of sp³-hybridized carbons (Fsp3) is 1.00. The van der Waals surface area contributed by atoms with E-state index >= 15 is 0 Å². The van der Waals surface area contributed by atoms with Gasteiger partial charge in [0.25, 0.3) is 0 Å². The summed E-state index contributed by atoms with van der Waals surface area (Å²) in [6, 6.07) is 1.29. The fourth-order valence-electron chi connectivity index (χ4n) is 0.523. The molecule has 0 aromatic heterocycles. The lowest BCUT2D eigenvalue weighted by molar-refractivity contribution is 0.342. The minimum atomic E-state index is -0.193. The summed E-state index contributed by atoms with van der Waals surface area (Å²) in [5.74, 6) is 0. The first-order chi connectivity index (χ1) is 4.06. The van der Waals surface area contributed by atoms with Crippen LogP contribution in [0.25, 0.3) is 0 Å². The van der Waals surface area contributed by atoms with Gasteiger partial charge in [-0.15, -0.1) is 0 Å². The van der Waals surface area contributed by atoms with E-state index in [1.807, 2.05) is 0 Å². The molecule has 0 aromatic rings. The van der Waals surface area contributed by atoms with Crippen molar-refractivity contribution in [3.63, 3.8) is 0 Å². The molecule has 0 bridgehead atoms. The first kappa shape index (κ1) is 9.18. The Morgan fingerprint density at radius 1 is 1.33 bits per heavy atom. The van der Waals surface area contributed by atoms with Crippen molar-refractivity contribution in [3.8, 4) is 0 Å². The van der Waals surface area contributed by atoms with Crippen LogP contribution in [-0.2, 0) is 4.43 Å². The van der Waals surface area contributed by atoms with Gasteiger partial charge < -0.3 is 4.43 Å². The molecule has 0 unspecified atom stereocenters. The molecule has 9 heavy (non-hydrogen) atoms. The van der Waals surface area contributed by atoms with E-state index in [1.165, 1.54) is 6.04 Å². The third-order valence-electron chi connectivity index (χ3n) is 1.20. The summed E-state index contributed by atoms with van der Waals surface area (Å²) < 4.78 is 5.35. The first-order valence-corrected chi connectivity index (χ1v) is 5.22. The molecule has 1 nitrogen and oxygen atoms in total. The van der Waals surface area contributed by atoms with Crippen LogP contribution in [0.3, 0.4) is 0 Å². The Labute approximate surface area is 60.7 Å². The average Bonchev–Trinajstić information content (AvgIpc) is 1.63. The van der Waals surface area contributed by atoms with Crippen LogP contribution >= 0.6 is 0 Å². The SMILES string of the molecule is CCO[SiH2]CC(C)(C)C. The molecule has 0 fully saturated rings. The highest BCUT2D eigenvalue weighted by atomic mass is 28.2. The molecule has 2 heteroatoms. The summed E-state index contributed by atoms with van der Waals surface area (Å²) in [4.78, 5) is 0. The molecule has 0 aliphatic carbocycles. The van der Waals surface area contributed by atoms with E-state index in [4.69, 9.17) is 4.43 Å². The quantitative estimate of drug-likeness (QED) is 0.434. The van der Waals surface area contributed by atoms with Gasteiger partial charge in [0, 0.05) is 6.61 Å². The molecule has 0 atom stereocenters. The predicted octanol–water partition coefficient (Wildman–Crippen LogP) is 1.57. The lowest BCUT2D eigenvalue weighted by atomic mass is 10.0. The Morgan fingerprint density at radius 3 is 2.22 bits per heavy atom. The standard InChI is InChI=1S/C7H18OSi/c1-5-8-9-6-7(2,3)4/h5-6,9H2,1-4H3. The minimum Gasteiger partial charge on any atom is -0.424 e. The normalized spacial score (nSPS) is 13.3. The molecule has 0 rings (SSSR count). The first-order valence-electron chi connectivity index (χ1n) is 3.64. The maximum absolute atomic E-state index is 5.35. The highest BCUT2D eigenvalue weighted by Crippen LogP contribution is 2.17. The van der Waals surface area contributed by atoms with Gasteiger partial charge in [-0.25, -0.2) is 0 Å². The van der Waals surface area contributed by atoms with Crippen molar-refractivity contribution in [2.75, 3.05) is 6.61 Å². The molecule has 0 aliphatic heterocycles. The van der Waals surface area contributed by atoms with Crippen molar-refractivity contribution >= 4 is 9.76 Å². The average molecular weight is 146 g/mol. The Bertz CT molecular complexity index is 65.8. The zero-order valence-corrected chi connectivity index (χ0v) is 8.44. The van der Waals surface area contributed by atoms with E-state index in [0.717, 1.165) is 6.61 Å². The van der Waals surface area contributed by atoms with Gasteiger partial charge in [0.1, 0.15) is 0 Å². The van der Waals surface area contributed by atoms with Crippen LogP contribution in [-0.4, -0.2) is 16.4 Å². The third kappa shape index (κ3) is 8.18. The Hall–Kier alpha value is 0.177. The van der Waals surface area contributed by atoms with Gasteiger partial charge >= 0.3 is 0 Å². The number of hydrogen-bond donors (Lipinski definition) is 0. The Morgan fingerprint density at radius 2 is 1.89 bits per heavy atom. The minimum absolute atomic E-state index is 0.193. The van der Waals surface area contributed by atoms with Gasteiger partial charge in [0.15, 0.2) is 9.76 Å². The molecule has 0 amide bonds. The summed E-state index contributed by atoms with van der Waals surface area (Å²) in [5, 5.41) is 0. The topological polar surface area (TPSA) is 9.23 Å². The number of rotatable bonds is 3. The third-order valence-corrected chi connectivity index (χ3v) is 3.60. The lowest BCUT2D eigenvalue weighted by Gasteiger charge is -2.16. The van der Waals surface area contributed by atoms with Crippen LogP contribution in [0.2, 0.25) is 6.04 Å². The van der Waals surface area contributed by atoms with E-state index in [2.05, 4.69) is 27.7 Å². The molecule has 0 heterocycles. The molecule has 0 N–H and O–H groups in total. The molecule has 0 saturated carbocycles. The second kappa shape index (κ2) is 4.07. The maximum atomic E-state index is 5.35. The summed E-state index contributed by atoms with van der Waals surface area (Å²) in [5.41, 5.74) is 0.487. The van der Waals surface area contributed by atoms with Crippen LogP contribution in [0, 0.1) is 5.41 Å². The molecule has 0 radical (unpaired) electrons. The Balaban J connectivity index is 3.07. The summed E-state index contributed by atoms with van der Waals surface area (Å²) >= 11 is 0. The zero-order valence-electron chi connectivity index (χ0n) is 7.03. The van der Waals surface area contributed by atoms with Crippen LogP contribution < -0.4 is 0 Å². The van der Waals surface area contributed by atoms with Gasteiger partial charge in [-0.05, 0) is 18.4 Å². The van der Waals surface area contributed by atoms with Gasteiger partial charge in [0.2, 0.25) is 0 Å². The van der Waals surface area contributed by atoms with Crippen molar-refractivity contribution in [1.82, 2.24) is 0 Å². The van der Waals surface area contributed by atoms with E-state index in [0.29, 0.717) is 5.41 Å². The summed E-state index contributed by atoms with van der Waals surface area (Å²) in [7, 11) is -0.193. The summed E-state index contributed by atoms with van der Waals surface area (Å²) in [6.45, 7) is 9.76. The van der Waals surface area contributed by atoms with Crippen LogP contribution in [0.4, 0.5) is 0 Å². The van der Waals surface area contributed by atoms with Crippen molar-refractivity contribution in [1.29, 1.82) is 0 Å². The molecular weight excluding hydrogens is 128 g/mol. The van der Waals surface area contributed by atoms with E-state index in [-0.39, 0.29) is 9.76 Å². The second-order valence-corrected chi connectivity index (χ2v) is 4.82. The van der Waals surface area contributed by atoms with Crippen molar-refractivity contribution < 1.29 is 4.43 Å². The second-order valence-electron chi connectivity index (χ2n) is 3.51. The molecule has 56 valence electrons. The lowest BCUT2D eigenvalue weighted by Crippen LogP contribution is -2.10. The van der Waals surface area contributed by atoms with Gasteiger partial charge in [-0.1, -0.05) is 20.8 Å². The van der Waals surface area contributed by atoms with Crippen LogP contribution in [0.5, 0.6) is 0 Å². The van der Waals surface area contributed by atoms with Gasteiger partial charge in [-0.3, -0.25) is 0 Å². The molecular formula is C7H18OSi. The zero-order chi connectivity index (χ0) is 7.33. The van der Waals surface area contributed by atoms with Crippen molar-refractivity contribution in [2.24, 2.45) is 5.41 Å². The highest BCUT2D eigenvalue weighted by Gasteiger charge is 2.08. The largest absolute Gasteiger partial charge is 0.424 e. The van der Waals surface area contributed by atoms with Crippen molar-refractivity contribution in [3.05, 3.63) is 0 Å². The smallest absolute Gasteiger partial charge is 0.162 e. The van der Waals surface area contributed by atoms with E-state index in [1.54, 1.807) is 0 Å². The number of hydrogen-bond acceptors (Lipinski definition) is 1. The monoisotopic (exact) mass is 146 g/mol. The molecule has 0 spiro atoms.